The number of hydrogen-bond donors (Lipinski definition) is 1. The molecule has 2 rings (SSSR count). The van der Waals surface area contributed by atoms with Gasteiger partial charge in [0, 0.05) is 7.05 Å². The molecule has 0 bridgehead atoms. The first-order valence-electron chi connectivity index (χ1n) is 6.74. The second-order valence-electron chi connectivity index (χ2n) is 4.81. The maximum atomic E-state index is 12.3. The summed E-state index contributed by atoms with van der Waals surface area (Å²) in [4.78, 5) is 17.2. The zero-order valence-electron chi connectivity index (χ0n) is 12.2. The minimum atomic E-state index is -0.492. The molecule has 1 aliphatic carbocycles. The highest BCUT2D eigenvalue weighted by Gasteiger charge is 2.28. The van der Waals surface area contributed by atoms with Gasteiger partial charge in [0.2, 0.25) is 5.91 Å². The molecule has 0 aliphatic heterocycles. The lowest BCUT2D eigenvalue weighted by atomic mass is 9.74. The molecule has 1 atom stereocenters. The van der Waals surface area contributed by atoms with Gasteiger partial charge in [-0.3, -0.25) is 15.0 Å². The normalized spacial score (nSPS) is 13.9. The number of carbonyl (C=O) groups excluding carboxylic acids is 1. The van der Waals surface area contributed by atoms with E-state index in [-0.39, 0.29) is 5.91 Å². The second kappa shape index (κ2) is 7.08. The van der Waals surface area contributed by atoms with Crippen LogP contribution in [0.15, 0.2) is 30.3 Å². The number of nitrogens with zero attached hydrogens (tertiary/aromatic N) is 1. The predicted molar refractivity (Wildman–Crippen MR) is 81.9 cm³/mol. The first-order valence-corrected chi connectivity index (χ1v) is 6.74. The summed E-state index contributed by atoms with van der Waals surface area (Å²) in [7, 11) is 4.38. The van der Waals surface area contributed by atoms with Crippen LogP contribution in [0.1, 0.15) is 17.5 Å². The van der Waals surface area contributed by atoms with Gasteiger partial charge >= 0.3 is 7.48 Å². The van der Waals surface area contributed by atoms with Gasteiger partial charge < -0.3 is 4.65 Å². The van der Waals surface area contributed by atoms with Gasteiger partial charge in [0.25, 0.3) is 0 Å². The number of rotatable bonds is 7. The summed E-state index contributed by atoms with van der Waals surface area (Å²) >= 11 is 0. The molecule has 6 heteroatoms. The van der Waals surface area contributed by atoms with Crippen molar-refractivity contribution < 1.29 is 14.3 Å². The van der Waals surface area contributed by atoms with Crippen LogP contribution in [0.2, 0.25) is 5.82 Å². The van der Waals surface area contributed by atoms with Gasteiger partial charge in [0.15, 0.2) is 0 Å². The van der Waals surface area contributed by atoms with E-state index in [9.17, 15) is 4.79 Å². The molecule has 5 nitrogen and oxygen atoms in total. The molecular formula is C15H18BN2O3. The average molecular weight is 285 g/mol. The van der Waals surface area contributed by atoms with Gasteiger partial charge in [0.05, 0.1) is 12.9 Å². The molecule has 1 aromatic carbocycles. The van der Waals surface area contributed by atoms with E-state index >= 15 is 0 Å². The van der Waals surface area contributed by atoms with Gasteiger partial charge in [0.1, 0.15) is 6.40 Å². The standard InChI is InChI=1S/C15H18BN2O3/c1-18(20-2)15(19)14(16-21-10-17)9-12-8-7-11-5-3-4-6-13(11)12/h3-6,8,10,14,17H,7,9H2,1-2H3/t14-/m0/s1. The molecule has 0 saturated heterocycles. The molecule has 1 aliphatic rings. The third-order valence-electron chi connectivity index (χ3n) is 3.58. The number of nitrogens with one attached hydrogen (secondary N) is 1. The highest BCUT2D eigenvalue weighted by molar-refractivity contribution is 6.39. The van der Waals surface area contributed by atoms with Gasteiger partial charge in [-0.1, -0.05) is 30.3 Å². The highest BCUT2D eigenvalue weighted by Crippen LogP contribution is 2.34. The largest absolute Gasteiger partial charge is 0.555 e. The Balaban J connectivity index is 2.12. The molecule has 21 heavy (non-hydrogen) atoms. The lowest BCUT2D eigenvalue weighted by Crippen LogP contribution is -2.32. The third kappa shape index (κ3) is 3.52. The average Bonchev–Trinajstić information content (AvgIpc) is 2.93. The molecule has 1 radical (unpaired) electrons. The van der Waals surface area contributed by atoms with E-state index in [0.717, 1.165) is 18.4 Å². The zero-order valence-corrected chi connectivity index (χ0v) is 12.2. The van der Waals surface area contributed by atoms with Crippen molar-refractivity contribution in [3.8, 4) is 0 Å². The molecule has 1 amide bonds. The van der Waals surface area contributed by atoms with Crippen LogP contribution in [-0.2, 0) is 20.7 Å². The van der Waals surface area contributed by atoms with Crippen molar-refractivity contribution in [1.82, 2.24) is 5.06 Å². The van der Waals surface area contributed by atoms with E-state index in [1.54, 1.807) is 7.05 Å². The van der Waals surface area contributed by atoms with E-state index in [0.29, 0.717) is 6.42 Å². The van der Waals surface area contributed by atoms with Gasteiger partial charge in [-0.2, -0.15) is 0 Å². The Labute approximate surface area is 125 Å². The fourth-order valence-corrected chi connectivity index (χ4v) is 2.44. The summed E-state index contributed by atoms with van der Waals surface area (Å²) in [5.41, 5.74) is 3.57. The van der Waals surface area contributed by atoms with Crippen LogP contribution in [0.5, 0.6) is 0 Å². The number of benzene rings is 1. The van der Waals surface area contributed by atoms with Crippen molar-refractivity contribution in [2.24, 2.45) is 0 Å². The zero-order chi connectivity index (χ0) is 15.2. The van der Waals surface area contributed by atoms with Crippen LogP contribution in [0.25, 0.3) is 5.57 Å². The van der Waals surface area contributed by atoms with Crippen LogP contribution in [-0.4, -0.2) is 39.0 Å². The van der Waals surface area contributed by atoms with Crippen molar-refractivity contribution in [3.05, 3.63) is 41.5 Å². The topological polar surface area (TPSA) is 62.6 Å². The molecular weight excluding hydrogens is 267 g/mol. The SMILES string of the molecule is CON(C)C(=O)[C@@H]([B]OC=N)CC1=CCc2ccccc21. The predicted octanol–water partition coefficient (Wildman–Crippen LogP) is 2.07. The van der Waals surface area contributed by atoms with Gasteiger partial charge in [-0.25, -0.2) is 5.06 Å². The fraction of sp³-hybridized carbons (Fsp3) is 0.333. The van der Waals surface area contributed by atoms with Crippen molar-refractivity contribution in [2.75, 3.05) is 14.2 Å². The van der Waals surface area contributed by atoms with Crippen molar-refractivity contribution in [2.45, 2.75) is 18.7 Å². The number of allylic oxidation sites excluding steroid dienone is 2. The first kappa shape index (κ1) is 15.3. The molecule has 0 aromatic heterocycles. The summed E-state index contributed by atoms with van der Waals surface area (Å²) in [5.74, 6) is -0.696. The van der Waals surface area contributed by atoms with E-state index < -0.39 is 5.82 Å². The van der Waals surface area contributed by atoms with Crippen molar-refractivity contribution in [1.29, 1.82) is 5.41 Å². The van der Waals surface area contributed by atoms with Gasteiger partial charge in [-0.15, -0.1) is 0 Å². The van der Waals surface area contributed by atoms with E-state index in [1.165, 1.54) is 30.8 Å². The highest BCUT2D eigenvalue weighted by atomic mass is 16.7. The third-order valence-corrected chi connectivity index (χ3v) is 3.58. The van der Waals surface area contributed by atoms with E-state index in [4.69, 9.17) is 14.9 Å². The molecule has 0 fully saturated rings. The molecule has 1 aromatic rings. The van der Waals surface area contributed by atoms with Crippen LogP contribution in [0, 0.1) is 5.41 Å². The van der Waals surface area contributed by atoms with E-state index in [2.05, 4.69) is 18.2 Å². The summed E-state index contributed by atoms with van der Waals surface area (Å²) in [6.07, 6.45) is 4.36. The van der Waals surface area contributed by atoms with Crippen LogP contribution in [0.3, 0.4) is 0 Å². The van der Waals surface area contributed by atoms with Gasteiger partial charge in [-0.05, 0) is 29.5 Å². The van der Waals surface area contributed by atoms with Crippen LogP contribution in [0.4, 0.5) is 0 Å². The maximum absolute atomic E-state index is 12.3. The summed E-state index contributed by atoms with van der Waals surface area (Å²) in [6, 6.07) is 8.16. The van der Waals surface area contributed by atoms with Crippen LogP contribution < -0.4 is 0 Å². The second-order valence-corrected chi connectivity index (χ2v) is 4.81. The Morgan fingerprint density at radius 1 is 1.52 bits per heavy atom. The van der Waals surface area contributed by atoms with Crippen LogP contribution >= 0.6 is 0 Å². The smallest absolute Gasteiger partial charge is 0.384 e. The monoisotopic (exact) mass is 285 g/mol. The number of hydroxylamine groups is 2. The molecule has 0 heterocycles. The molecule has 109 valence electrons. The molecule has 0 saturated carbocycles. The molecule has 0 unspecified atom stereocenters. The van der Waals surface area contributed by atoms with E-state index in [1.807, 2.05) is 12.1 Å². The summed E-state index contributed by atoms with van der Waals surface area (Å²) in [6.45, 7) is 0. The first-order chi connectivity index (χ1) is 10.2. The Bertz CT molecular complexity index is 560. The number of carbonyl (C=O) groups is 1. The summed E-state index contributed by atoms with van der Waals surface area (Å²) < 4.78 is 4.90. The maximum Gasteiger partial charge on any atom is 0.384 e. The Morgan fingerprint density at radius 3 is 3.00 bits per heavy atom. The van der Waals surface area contributed by atoms with Crippen molar-refractivity contribution in [3.63, 3.8) is 0 Å². The minimum absolute atomic E-state index is 0.204. The Hall–Kier alpha value is -2.08. The fourth-order valence-electron chi connectivity index (χ4n) is 2.44. The number of hydrogen-bond acceptors (Lipinski definition) is 4. The number of fused-ring (bicyclic) bond motifs is 1. The minimum Gasteiger partial charge on any atom is -0.555 e. The number of amides is 1. The lowest BCUT2D eigenvalue weighted by Gasteiger charge is -2.21. The summed E-state index contributed by atoms with van der Waals surface area (Å²) in [5, 5.41) is 8.12. The quantitative estimate of drug-likeness (QED) is 0.361. The Kier molecular flexibility index (Phi) is 5.17. The molecule has 0 spiro atoms. The Morgan fingerprint density at radius 2 is 2.29 bits per heavy atom. The molecule has 1 N–H and O–H groups in total. The lowest BCUT2D eigenvalue weighted by molar-refractivity contribution is -0.168. The van der Waals surface area contributed by atoms with Crippen molar-refractivity contribution >= 4 is 25.4 Å².